The number of carboxylic acid groups (broad SMARTS) is 2. The Kier molecular flexibility index (Phi) is 51.1. The van der Waals surface area contributed by atoms with E-state index >= 15 is 0 Å². The van der Waals surface area contributed by atoms with Crippen LogP contribution < -0.4 is 18.9 Å². The fourth-order valence-electron chi connectivity index (χ4n) is 4.89. The van der Waals surface area contributed by atoms with Crippen LogP contribution in [0.4, 0.5) is 0 Å². The van der Waals surface area contributed by atoms with Crippen LogP contribution in [0.3, 0.4) is 0 Å². The van der Waals surface area contributed by atoms with Gasteiger partial charge < -0.3 is 36.1 Å². The second-order valence-electron chi connectivity index (χ2n) is 12.9. The zero-order valence-corrected chi connectivity index (χ0v) is 34.9. The van der Waals surface area contributed by atoms with E-state index in [1.165, 1.54) is 96.3 Å². The maximum Gasteiger partial charge on any atom is 1.00 e. The van der Waals surface area contributed by atoms with Crippen LogP contribution in [-0.2, 0) is 28.5 Å². The van der Waals surface area contributed by atoms with Crippen molar-refractivity contribution in [1.29, 1.82) is 0 Å². The predicted molar refractivity (Wildman–Crippen MR) is 213 cm³/mol. The number of terminal acetylenes is 1. The van der Waals surface area contributed by atoms with Crippen LogP contribution in [0.15, 0.2) is 0 Å². The van der Waals surface area contributed by atoms with Crippen molar-refractivity contribution in [3.8, 4) is 24.2 Å². The average molecular weight is 794 g/mol. The summed E-state index contributed by atoms with van der Waals surface area (Å²) in [6.07, 6.45) is 33.3. The Morgan fingerprint density at radius 1 is 0.692 bits per heavy atom. The molecule has 0 bridgehead atoms. The van der Waals surface area contributed by atoms with E-state index in [1.54, 1.807) is 0 Å². The number of carboxylic acids is 2. The Bertz CT molecular complexity index is 843. The maximum absolute atomic E-state index is 10.3. The number of halogens is 1. The van der Waals surface area contributed by atoms with Crippen LogP contribution in [0.5, 0.6) is 0 Å². The molecule has 0 aliphatic carbocycles. The van der Waals surface area contributed by atoms with E-state index in [1.807, 2.05) is 0 Å². The van der Waals surface area contributed by atoms with Crippen molar-refractivity contribution in [3.05, 3.63) is 6.92 Å². The molecule has 0 aromatic heterocycles. The van der Waals surface area contributed by atoms with Crippen molar-refractivity contribution >= 4 is 27.9 Å². The van der Waals surface area contributed by atoms with Gasteiger partial charge in [0.05, 0.1) is 0 Å². The second kappa shape index (κ2) is 48.0. The number of carbonyl (C=O) groups is 2. The summed E-state index contributed by atoms with van der Waals surface area (Å²) in [4.78, 5) is 20.1. The van der Waals surface area contributed by atoms with Crippen molar-refractivity contribution < 1.29 is 57.6 Å². The molecule has 2 heterocycles. The van der Waals surface area contributed by atoms with Gasteiger partial charge in [0, 0.05) is 63.9 Å². The van der Waals surface area contributed by atoms with Crippen molar-refractivity contribution in [3.63, 3.8) is 0 Å². The summed E-state index contributed by atoms with van der Waals surface area (Å²) in [5.41, 5.74) is 0. The summed E-state index contributed by atoms with van der Waals surface area (Å²) in [7, 11) is 0. The fraction of sp³-hybridized carbons (Fsp3) is 0.833. The summed E-state index contributed by atoms with van der Waals surface area (Å²) in [5, 5.41) is 17.7. The molecule has 2 aliphatic heterocycles. The monoisotopic (exact) mass is 792 g/mol. The maximum atomic E-state index is 10.3. The molecule has 2 rings (SSSR count). The normalized spacial score (nSPS) is 16.0. The molecule has 0 aromatic carbocycles. The summed E-state index contributed by atoms with van der Waals surface area (Å²) >= 11 is 3.45. The van der Waals surface area contributed by atoms with E-state index in [9.17, 15) is 9.59 Å². The van der Waals surface area contributed by atoms with Gasteiger partial charge in [0.15, 0.2) is 12.6 Å². The molecule has 2 atom stereocenters. The molecule has 2 saturated heterocycles. The zero-order valence-electron chi connectivity index (χ0n) is 33.3. The summed E-state index contributed by atoms with van der Waals surface area (Å²) < 4.78 is 22.4. The second-order valence-corrected chi connectivity index (χ2v) is 13.7. The third-order valence-electron chi connectivity index (χ3n) is 7.99. The summed E-state index contributed by atoms with van der Waals surface area (Å²) in [6, 6.07) is 0. The first-order valence-corrected chi connectivity index (χ1v) is 21.2. The Morgan fingerprint density at radius 3 is 1.48 bits per heavy atom. The molecule has 298 valence electrons. The Morgan fingerprint density at radius 2 is 1.10 bits per heavy atom. The van der Waals surface area contributed by atoms with Crippen molar-refractivity contribution in [2.75, 3.05) is 31.8 Å². The van der Waals surface area contributed by atoms with Gasteiger partial charge >= 0.3 is 30.8 Å². The van der Waals surface area contributed by atoms with Gasteiger partial charge in [0.1, 0.15) is 0 Å². The minimum atomic E-state index is -0.778. The third kappa shape index (κ3) is 49.0. The molecular formula is C42H74BrLiO8. The van der Waals surface area contributed by atoms with Gasteiger partial charge in [-0.3, -0.25) is 9.59 Å². The fourth-order valence-corrected chi connectivity index (χ4v) is 5.28. The number of alkyl halides is 1. The van der Waals surface area contributed by atoms with Gasteiger partial charge in [-0.15, -0.1) is 24.2 Å². The van der Waals surface area contributed by atoms with E-state index < -0.39 is 11.9 Å². The molecule has 52 heavy (non-hydrogen) atoms. The largest absolute Gasteiger partial charge is 1.00 e. The van der Waals surface area contributed by atoms with Crippen LogP contribution in [0.25, 0.3) is 0 Å². The number of aliphatic carboxylic acids is 2. The molecule has 10 heteroatoms. The molecule has 0 spiro atoms. The van der Waals surface area contributed by atoms with Crippen LogP contribution in [-0.4, -0.2) is 66.5 Å². The predicted octanol–water partition coefficient (Wildman–Crippen LogP) is 8.28. The first-order valence-electron chi connectivity index (χ1n) is 20.1. The molecule has 2 fully saturated rings. The number of ether oxygens (including phenoxy) is 4. The topological polar surface area (TPSA) is 112 Å². The van der Waals surface area contributed by atoms with E-state index in [-0.39, 0.29) is 44.3 Å². The minimum Gasteiger partial charge on any atom is -0.481 e. The van der Waals surface area contributed by atoms with Gasteiger partial charge in [-0.2, -0.15) is 6.42 Å². The minimum absolute atomic E-state index is 0. The van der Waals surface area contributed by atoms with E-state index in [2.05, 4.69) is 47.5 Å². The Balaban J connectivity index is -0.000000715. The molecule has 0 amide bonds. The number of unbranched alkanes of at least 4 members (excludes halogenated alkanes) is 14. The van der Waals surface area contributed by atoms with Gasteiger partial charge in [0.25, 0.3) is 0 Å². The van der Waals surface area contributed by atoms with Gasteiger partial charge in [-0.05, 0) is 77.0 Å². The Labute approximate surface area is 339 Å². The number of hydrogen-bond acceptors (Lipinski definition) is 6. The first kappa shape index (κ1) is 55.3. The van der Waals surface area contributed by atoms with E-state index in [0.29, 0.717) is 25.7 Å². The van der Waals surface area contributed by atoms with Crippen molar-refractivity contribution in [1.82, 2.24) is 0 Å². The molecule has 0 saturated carbocycles. The Hall–Kier alpha value is -1.02. The van der Waals surface area contributed by atoms with Crippen molar-refractivity contribution in [2.45, 2.75) is 193 Å². The van der Waals surface area contributed by atoms with E-state index in [4.69, 9.17) is 35.6 Å². The molecule has 0 aromatic rings. The molecule has 0 radical (unpaired) electrons. The third-order valence-corrected chi connectivity index (χ3v) is 8.55. The molecular weight excluding hydrogens is 719 g/mol. The SMILES string of the molecule is BrCCCCCCCCOC1CCCCO1.C#CCCCC(=O)O.O=C(O)CCCC#CCCCCCCCCOC1CCCCO1.[CH2-]CCC.[Li+]. The first-order chi connectivity index (χ1) is 24.9. The van der Waals surface area contributed by atoms with Gasteiger partial charge in [-0.1, -0.05) is 80.6 Å². The molecule has 2 aliphatic rings. The summed E-state index contributed by atoms with van der Waals surface area (Å²) in [5.74, 6) is 7.03. The van der Waals surface area contributed by atoms with Gasteiger partial charge in [0.2, 0.25) is 0 Å². The zero-order chi connectivity index (χ0) is 37.9. The van der Waals surface area contributed by atoms with Crippen LogP contribution in [0, 0.1) is 31.1 Å². The standard InChI is InChI=1S/C19H32O4.C13H25BrO2.C6H8O2.C4H9.Li/c20-18(21)14-10-8-6-4-2-1-3-5-7-9-12-16-22-19-15-11-13-17-23-19;14-10-6-3-1-2-4-7-11-15-13-9-5-8-12-16-13;1-2-3-4-5-6(7)8;1-3-4-2;/h19H,1-3,5,7-17H2,(H,20,21);13H,1-12H2;1H,3-5H2,(H,7,8);1,3-4H2,2H3;/q;;;-1;+1. The molecule has 2 N–H and O–H groups in total. The number of hydrogen-bond donors (Lipinski definition) is 2. The van der Waals surface area contributed by atoms with Gasteiger partial charge in [-0.25, -0.2) is 0 Å². The summed E-state index contributed by atoms with van der Waals surface area (Å²) in [6.45, 7) is 9.17. The van der Waals surface area contributed by atoms with E-state index in [0.717, 1.165) is 70.3 Å². The van der Waals surface area contributed by atoms with Crippen LogP contribution >= 0.6 is 15.9 Å². The quantitative estimate of drug-likeness (QED) is 0.0313. The van der Waals surface area contributed by atoms with Crippen LogP contribution in [0.1, 0.15) is 180 Å². The number of rotatable bonds is 25. The van der Waals surface area contributed by atoms with Crippen molar-refractivity contribution in [2.24, 2.45) is 0 Å². The average Bonchev–Trinajstić information content (AvgIpc) is 3.14. The molecule has 2 unspecified atom stereocenters. The smallest absolute Gasteiger partial charge is 0.481 e. The molecule has 8 nitrogen and oxygen atoms in total. The van der Waals surface area contributed by atoms with Crippen LogP contribution in [0.2, 0.25) is 0 Å².